The molecule has 5 aromatic rings. The van der Waals surface area contributed by atoms with Crippen molar-refractivity contribution in [1.82, 2.24) is 0 Å². The number of phenols is 1. The van der Waals surface area contributed by atoms with Crippen molar-refractivity contribution in [2.75, 3.05) is 0 Å². The molecule has 2 bridgehead atoms. The van der Waals surface area contributed by atoms with Crippen molar-refractivity contribution in [3.63, 3.8) is 0 Å². The van der Waals surface area contributed by atoms with Crippen LogP contribution in [0.4, 0.5) is 13.2 Å². The van der Waals surface area contributed by atoms with Crippen molar-refractivity contribution in [1.29, 1.82) is 0 Å². The maximum Gasteiger partial charge on any atom is 0.369 e. The molecule has 20 heteroatoms. The van der Waals surface area contributed by atoms with E-state index in [1.54, 1.807) is 25.1 Å². The molecule has 0 spiro atoms. The van der Waals surface area contributed by atoms with Gasteiger partial charge >= 0.3 is 35.1 Å². The third kappa shape index (κ3) is 18.7. The lowest BCUT2D eigenvalue weighted by atomic mass is 9.79. The van der Waals surface area contributed by atoms with Gasteiger partial charge < -0.3 is 38.1 Å². The number of esters is 5. The van der Waals surface area contributed by atoms with Crippen molar-refractivity contribution >= 4 is 50.9 Å². The average Bonchev–Trinajstić information content (AvgIpc) is 1.61. The Labute approximate surface area is 525 Å². The van der Waals surface area contributed by atoms with Crippen LogP contribution in [0.25, 0.3) is 0 Å². The van der Waals surface area contributed by atoms with Crippen LogP contribution in [-0.2, 0) is 80.7 Å². The monoisotopic (exact) mass is 1280 g/mol. The summed E-state index contributed by atoms with van der Waals surface area (Å²) in [7, 11) is -5.87. The molecule has 0 amide bonds. The van der Waals surface area contributed by atoms with Gasteiger partial charge in [0.25, 0.3) is 0 Å². The van der Waals surface area contributed by atoms with Crippen LogP contribution in [0.15, 0.2) is 148 Å². The first-order valence-electron chi connectivity index (χ1n) is 30.0. The molecule has 5 aromatic carbocycles. The molecule has 1 aliphatic carbocycles. The number of rotatable bonds is 17. The number of carbonyl (C=O) groups is 5. The minimum Gasteiger partial charge on any atom is -0.743 e. The molecule has 7 unspecified atom stereocenters. The zero-order chi connectivity index (χ0) is 66.5. The van der Waals surface area contributed by atoms with Crippen LogP contribution in [0.1, 0.15) is 153 Å². The summed E-state index contributed by atoms with van der Waals surface area (Å²) < 4.78 is 102. The molecule has 0 radical (unpaired) electrons. The standard InChI is InChI=1S/C18H15S.C17H23FO2.C13H18O5.C12H16O3.C9H16F2O5S/c1-4-10-16(11-5-1)19(17-12-6-2-7-13-17)18-14-8-3-9-15-18;1-5-16(2,3)15(19)20-17(4)10-6-7-12-8-9-13(18)11-14(12)17;1-4-13(2,3)12(15)18-9-7-5-6-8(16-7)10(9)17-11(6)14;1-4-12(2,3)11(14)15-10-7-5-9(13)6-8-10;1-5-8(3,4)7(12)16-6(2)9(10,11)17(13,14)15/h1-15H;8-9,11H,5-7,10H2,1-4H3;6-10H,4-5H2,1-3H3;5-8,13H,4H2,1-3H3;6H,5H2,1-4H3,(H,13,14,15)/q+1;;;;/p-1. The predicted molar refractivity (Wildman–Crippen MR) is 331 cm³/mol. The summed E-state index contributed by atoms with van der Waals surface area (Å²) in [4.78, 5) is 63.1. The fourth-order valence-electron chi connectivity index (χ4n) is 9.13. The number of benzene rings is 5. The largest absolute Gasteiger partial charge is 0.743 e. The van der Waals surface area contributed by atoms with Crippen molar-refractivity contribution in [3.05, 3.63) is 150 Å². The maximum absolute atomic E-state index is 13.5. The smallest absolute Gasteiger partial charge is 0.369 e. The van der Waals surface area contributed by atoms with Gasteiger partial charge in [0.05, 0.1) is 44.6 Å². The van der Waals surface area contributed by atoms with Gasteiger partial charge in [0, 0.05) is 5.56 Å². The van der Waals surface area contributed by atoms with Crippen LogP contribution < -0.4 is 4.74 Å². The van der Waals surface area contributed by atoms with Crippen LogP contribution in [0, 0.1) is 33.4 Å². The Morgan fingerprint density at radius 2 is 1.15 bits per heavy atom. The van der Waals surface area contributed by atoms with Crippen LogP contribution >= 0.6 is 0 Å². The Balaban J connectivity index is 0.000000203. The molecule has 9 rings (SSSR count). The van der Waals surface area contributed by atoms with Gasteiger partial charge in [-0.3, -0.25) is 24.0 Å². The number of alkyl halides is 2. The Hall–Kier alpha value is -6.74. The summed E-state index contributed by atoms with van der Waals surface area (Å²) in [5.41, 5.74) is -1.31. The molecule has 0 aromatic heterocycles. The molecule has 15 nitrogen and oxygen atoms in total. The molecule has 0 saturated carbocycles. The van der Waals surface area contributed by atoms with Crippen molar-refractivity contribution in [2.45, 2.75) is 204 Å². The highest BCUT2D eigenvalue weighted by Gasteiger charge is 2.65. The highest BCUT2D eigenvalue weighted by atomic mass is 32.2. The van der Waals surface area contributed by atoms with E-state index in [9.17, 15) is 50.1 Å². The van der Waals surface area contributed by atoms with Gasteiger partial charge in [-0.05, 0) is 199 Å². The van der Waals surface area contributed by atoms with Crippen molar-refractivity contribution in [3.8, 4) is 11.5 Å². The van der Waals surface area contributed by atoms with Crippen LogP contribution in [0.5, 0.6) is 11.5 Å². The summed E-state index contributed by atoms with van der Waals surface area (Å²) in [6.45, 7) is 24.2. The van der Waals surface area contributed by atoms with Gasteiger partial charge in [-0.2, -0.15) is 8.78 Å². The topological polar surface area (TPSA) is 218 Å². The molecular weight excluding hydrogens is 1190 g/mol. The lowest BCUT2D eigenvalue weighted by Gasteiger charge is -2.37. The van der Waals surface area contributed by atoms with Gasteiger partial charge in [-0.25, -0.2) is 12.8 Å². The molecule has 1 N–H and O–H groups in total. The number of carbonyl (C=O) groups excluding carboxylic acids is 5. The van der Waals surface area contributed by atoms with Gasteiger partial charge in [-0.1, -0.05) is 88.4 Å². The second-order valence-electron chi connectivity index (χ2n) is 25.2. The summed E-state index contributed by atoms with van der Waals surface area (Å²) in [6, 6.07) is 43.1. The number of fused-ring (bicyclic) bond motifs is 2. The number of aromatic hydroxyl groups is 1. The van der Waals surface area contributed by atoms with Gasteiger partial charge in [0.1, 0.15) is 29.0 Å². The van der Waals surface area contributed by atoms with E-state index in [-0.39, 0.29) is 64.5 Å². The molecule has 3 fully saturated rings. The SMILES string of the molecule is CCC(C)(C)C(=O)OC(C)C(F)(F)S(=O)(=O)[O-].CCC(C)(C)C(=O)OC1(C)CCCc2ccc(F)cc21.CCC(C)(C)C(=O)OC1C2CC3C(=O)OC1C3O2.CCC(C)(C)C(=O)Oc1ccc(O)cc1.c1ccc([S+](c2ccccc2)c2ccccc2)cc1. The summed E-state index contributed by atoms with van der Waals surface area (Å²) in [5.74, 6) is -1.70. The summed E-state index contributed by atoms with van der Waals surface area (Å²) in [6.07, 6.45) is 2.21. The fraction of sp³-hybridized carbons (Fsp3) is 0.493. The number of halogens is 3. The number of hydrogen-bond acceptors (Lipinski definition) is 15. The molecule has 4 aliphatic rings. The van der Waals surface area contributed by atoms with E-state index in [0.29, 0.717) is 31.9 Å². The van der Waals surface area contributed by atoms with E-state index in [4.69, 9.17) is 28.8 Å². The summed E-state index contributed by atoms with van der Waals surface area (Å²) in [5, 5.41) is 4.42. The summed E-state index contributed by atoms with van der Waals surface area (Å²) >= 11 is 0. The number of phenolic OH excluding ortho intramolecular Hbond substituents is 1. The lowest BCUT2D eigenvalue weighted by Crippen LogP contribution is -2.44. The quantitative estimate of drug-likeness (QED) is 0.0301. The Kier molecular flexibility index (Phi) is 24.9. The van der Waals surface area contributed by atoms with E-state index < -0.39 is 66.9 Å². The molecule has 486 valence electrons. The second kappa shape index (κ2) is 30.4. The van der Waals surface area contributed by atoms with E-state index in [1.807, 2.05) is 69.2 Å². The van der Waals surface area contributed by atoms with Gasteiger partial charge in [0.2, 0.25) is 0 Å². The Morgan fingerprint density at radius 3 is 1.62 bits per heavy atom. The van der Waals surface area contributed by atoms with E-state index in [0.717, 1.165) is 43.2 Å². The molecule has 7 atom stereocenters. The highest BCUT2D eigenvalue weighted by molar-refractivity contribution is 7.97. The maximum atomic E-state index is 13.5. The third-order valence-electron chi connectivity index (χ3n) is 16.9. The first kappa shape index (κ1) is 73.0. The fourth-order valence-corrected chi connectivity index (χ4v) is 11.7. The average molecular weight is 1280 g/mol. The van der Waals surface area contributed by atoms with E-state index in [1.165, 1.54) is 52.8 Å². The Bertz CT molecular complexity index is 3190. The number of hydrogen-bond donors (Lipinski definition) is 1. The molecule has 3 heterocycles. The normalized spacial score (nSPS) is 20.4. The Morgan fingerprint density at radius 1 is 0.685 bits per heavy atom. The van der Waals surface area contributed by atoms with Gasteiger partial charge in [0.15, 0.2) is 43.1 Å². The first-order chi connectivity index (χ1) is 41.5. The van der Waals surface area contributed by atoms with Crippen LogP contribution in [0.3, 0.4) is 0 Å². The van der Waals surface area contributed by atoms with Gasteiger partial charge in [-0.15, -0.1) is 0 Å². The van der Waals surface area contributed by atoms with E-state index >= 15 is 0 Å². The molecule has 3 aliphatic heterocycles. The number of aryl methyl sites for hydroxylation is 1. The first-order valence-corrected chi connectivity index (χ1v) is 32.7. The van der Waals surface area contributed by atoms with E-state index in [2.05, 4.69) is 95.7 Å². The third-order valence-corrected chi connectivity index (χ3v) is 20.1. The zero-order valence-electron chi connectivity index (χ0n) is 53.4. The molecular formula is C69H87F3O15S2. The lowest BCUT2D eigenvalue weighted by molar-refractivity contribution is -0.172. The zero-order valence-corrected chi connectivity index (χ0v) is 55.1. The minimum atomic E-state index is -5.86. The highest BCUT2D eigenvalue weighted by Crippen LogP contribution is 2.48. The van der Waals surface area contributed by atoms with Crippen LogP contribution in [0.2, 0.25) is 0 Å². The molecule has 3 saturated heterocycles. The minimum absolute atomic E-state index is 0.0146. The number of ether oxygens (including phenoxy) is 6. The predicted octanol–water partition coefficient (Wildman–Crippen LogP) is 14.4. The molecule has 89 heavy (non-hydrogen) atoms. The second-order valence-corrected chi connectivity index (χ2v) is 28.6. The van der Waals surface area contributed by atoms with Crippen molar-refractivity contribution in [2.24, 2.45) is 27.6 Å². The van der Waals surface area contributed by atoms with Crippen LogP contribution in [-0.4, -0.2) is 83.7 Å². The van der Waals surface area contributed by atoms with Crippen molar-refractivity contribution < 1.29 is 83.6 Å².